The van der Waals surface area contributed by atoms with Crippen LogP contribution in [0.3, 0.4) is 0 Å². The van der Waals surface area contributed by atoms with Crippen LogP contribution in [0.5, 0.6) is 0 Å². The molecule has 0 spiro atoms. The van der Waals surface area contributed by atoms with Crippen LogP contribution in [-0.4, -0.2) is 17.3 Å². The Bertz CT molecular complexity index is 338. The van der Waals surface area contributed by atoms with E-state index >= 15 is 0 Å². The van der Waals surface area contributed by atoms with E-state index in [1.807, 2.05) is 0 Å². The second kappa shape index (κ2) is 5.51. The molecule has 2 rings (SSSR count). The average Bonchev–Trinajstić information content (AvgIpc) is 2.79. The predicted molar refractivity (Wildman–Crippen MR) is 73.3 cm³/mol. The molecule has 2 N–H and O–H groups in total. The maximum Gasteiger partial charge on any atom is 0.0774 e. The van der Waals surface area contributed by atoms with Gasteiger partial charge in [0.2, 0.25) is 0 Å². The molecule has 1 saturated carbocycles. The van der Waals surface area contributed by atoms with Gasteiger partial charge in [0.1, 0.15) is 0 Å². The highest BCUT2D eigenvalue weighted by Crippen LogP contribution is 2.32. The van der Waals surface area contributed by atoms with Gasteiger partial charge >= 0.3 is 0 Å². The van der Waals surface area contributed by atoms with Gasteiger partial charge in [0.25, 0.3) is 0 Å². The first-order valence-electron chi connectivity index (χ1n) is 6.58. The fraction of sp³-hybridized carbons (Fsp3) is 0.714. The van der Waals surface area contributed by atoms with Crippen LogP contribution in [0.25, 0.3) is 0 Å². The molecule has 0 aromatic carbocycles. The van der Waals surface area contributed by atoms with Crippen molar-refractivity contribution in [3.05, 3.63) is 22.4 Å². The van der Waals surface area contributed by atoms with Gasteiger partial charge in [-0.2, -0.15) is 0 Å². The van der Waals surface area contributed by atoms with E-state index in [4.69, 9.17) is 0 Å². The standard InChI is InChI=1S/C14H23NOS/c1-11-5-3-7-14(16,9-11)10-15-12(2)13-6-4-8-17-13/h4,6,8,11-12,15-16H,3,5,7,9-10H2,1-2H3. The van der Waals surface area contributed by atoms with Gasteiger partial charge in [0, 0.05) is 17.5 Å². The number of aliphatic hydroxyl groups is 1. The maximum atomic E-state index is 10.5. The number of rotatable bonds is 4. The molecule has 0 radical (unpaired) electrons. The first-order chi connectivity index (χ1) is 8.09. The molecule has 1 heterocycles. The SMILES string of the molecule is CC1CCCC(O)(CNC(C)c2cccs2)C1. The average molecular weight is 253 g/mol. The van der Waals surface area contributed by atoms with Crippen LogP contribution in [0.2, 0.25) is 0 Å². The second-order valence-electron chi connectivity index (χ2n) is 5.54. The van der Waals surface area contributed by atoms with E-state index in [2.05, 4.69) is 36.7 Å². The maximum absolute atomic E-state index is 10.5. The zero-order chi connectivity index (χ0) is 12.3. The quantitative estimate of drug-likeness (QED) is 0.862. The summed E-state index contributed by atoms with van der Waals surface area (Å²) in [4.78, 5) is 1.34. The summed E-state index contributed by atoms with van der Waals surface area (Å²) >= 11 is 1.77. The third kappa shape index (κ3) is 3.54. The lowest BCUT2D eigenvalue weighted by Crippen LogP contribution is -2.44. The first kappa shape index (κ1) is 13.1. The van der Waals surface area contributed by atoms with Crippen LogP contribution in [0.15, 0.2) is 17.5 Å². The minimum atomic E-state index is -0.483. The Morgan fingerprint density at radius 2 is 2.47 bits per heavy atom. The van der Waals surface area contributed by atoms with Crippen LogP contribution in [-0.2, 0) is 0 Å². The molecular formula is C14H23NOS. The number of thiophene rings is 1. The Balaban J connectivity index is 1.84. The Hall–Kier alpha value is -0.380. The number of hydrogen-bond donors (Lipinski definition) is 2. The van der Waals surface area contributed by atoms with Crippen LogP contribution in [0.4, 0.5) is 0 Å². The van der Waals surface area contributed by atoms with Gasteiger partial charge in [-0.1, -0.05) is 25.8 Å². The molecule has 0 bridgehead atoms. The summed E-state index contributed by atoms with van der Waals surface area (Å²) in [6.45, 7) is 5.13. The molecule has 3 atom stereocenters. The summed E-state index contributed by atoms with van der Waals surface area (Å²) in [5.74, 6) is 0.660. The van der Waals surface area contributed by atoms with Crippen molar-refractivity contribution in [2.24, 2.45) is 5.92 Å². The third-order valence-corrected chi connectivity index (χ3v) is 4.83. The molecule has 1 aromatic rings. The van der Waals surface area contributed by atoms with Crippen molar-refractivity contribution in [3.63, 3.8) is 0 Å². The lowest BCUT2D eigenvalue weighted by Gasteiger charge is -2.36. The zero-order valence-electron chi connectivity index (χ0n) is 10.8. The normalized spacial score (nSPS) is 31.4. The van der Waals surface area contributed by atoms with Crippen molar-refractivity contribution in [2.75, 3.05) is 6.54 Å². The Morgan fingerprint density at radius 1 is 1.65 bits per heavy atom. The second-order valence-corrected chi connectivity index (χ2v) is 6.52. The molecule has 96 valence electrons. The fourth-order valence-electron chi connectivity index (χ4n) is 2.77. The van der Waals surface area contributed by atoms with Gasteiger partial charge in [-0.3, -0.25) is 0 Å². The minimum Gasteiger partial charge on any atom is -0.389 e. The molecule has 1 aliphatic carbocycles. The van der Waals surface area contributed by atoms with Gasteiger partial charge in [0.05, 0.1) is 5.60 Å². The summed E-state index contributed by atoms with van der Waals surface area (Å²) in [5.41, 5.74) is -0.483. The molecule has 3 heteroatoms. The monoisotopic (exact) mass is 253 g/mol. The molecule has 0 amide bonds. The lowest BCUT2D eigenvalue weighted by atomic mass is 9.79. The molecule has 1 fully saturated rings. The molecule has 2 nitrogen and oxygen atoms in total. The smallest absolute Gasteiger partial charge is 0.0774 e. The summed E-state index contributed by atoms with van der Waals surface area (Å²) in [6.07, 6.45) is 4.31. The highest BCUT2D eigenvalue weighted by Gasteiger charge is 2.32. The largest absolute Gasteiger partial charge is 0.389 e. The summed E-state index contributed by atoms with van der Waals surface area (Å²) < 4.78 is 0. The van der Waals surface area contributed by atoms with Gasteiger partial charge in [-0.15, -0.1) is 11.3 Å². The van der Waals surface area contributed by atoms with Gasteiger partial charge in [-0.05, 0) is 37.1 Å². The molecule has 1 aromatic heterocycles. The van der Waals surface area contributed by atoms with Crippen molar-refractivity contribution < 1.29 is 5.11 Å². The van der Waals surface area contributed by atoms with E-state index in [1.165, 1.54) is 11.3 Å². The van der Waals surface area contributed by atoms with Gasteiger partial charge in [0.15, 0.2) is 0 Å². The summed E-state index contributed by atoms with van der Waals surface area (Å²) in [5, 5.41) is 16.1. The Kier molecular flexibility index (Phi) is 4.23. The molecule has 3 unspecified atom stereocenters. The fourth-order valence-corrected chi connectivity index (χ4v) is 3.53. The highest BCUT2D eigenvalue weighted by molar-refractivity contribution is 7.10. The molecular weight excluding hydrogens is 230 g/mol. The predicted octanol–water partition coefficient (Wildman–Crippen LogP) is 3.34. The van der Waals surface area contributed by atoms with Crippen LogP contribution >= 0.6 is 11.3 Å². The van der Waals surface area contributed by atoms with Crippen LogP contribution in [0.1, 0.15) is 50.4 Å². The highest BCUT2D eigenvalue weighted by atomic mass is 32.1. The molecule has 17 heavy (non-hydrogen) atoms. The lowest BCUT2D eigenvalue weighted by molar-refractivity contribution is -0.0133. The van der Waals surface area contributed by atoms with E-state index < -0.39 is 5.60 Å². The Labute approximate surface area is 108 Å². The van der Waals surface area contributed by atoms with Crippen LogP contribution in [0, 0.1) is 5.92 Å². The van der Waals surface area contributed by atoms with E-state index in [-0.39, 0.29) is 0 Å². The molecule has 1 aliphatic rings. The first-order valence-corrected chi connectivity index (χ1v) is 7.46. The third-order valence-electron chi connectivity index (χ3n) is 3.77. The summed E-state index contributed by atoms with van der Waals surface area (Å²) in [6, 6.07) is 4.57. The number of nitrogens with one attached hydrogen (secondary N) is 1. The zero-order valence-corrected chi connectivity index (χ0v) is 11.6. The Morgan fingerprint density at radius 3 is 3.12 bits per heavy atom. The van der Waals surface area contributed by atoms with Crippen LogP contribution < -0.4 is 5.32 Å². The van der Waals surface area contributed by atoms with Crippen molar-refractivity contribution >= 4 is 11.3 Å². The van der Waals surface area contributed by atoms with Crippen molar-refractivity contribution in [2.45, 2.75) is 51.2 Å². The van der Waals surface area contributed by atoms with E-state index in [0.29, 0.717) is 12.0 Å². The van der Waals surface area contributed by atoms with Crippen molar-refractivity contribution in [3.8, 4) is 0 Å². The van der Waals surface area contributed by atoms with E-state index in [9.17, 15) is 5.11 Å². The number of hydrogen-bond acceptors (Lipinski definition) is 3. The van der Waals surface area contributed by atoms with Gasteiger partial charge in [-0.25, -0.2) is 0 Å². The van der Waals surface area contributed by atoms with Gasteiger partial charge < -0.3 is 10.4 Å². The van der Waals surface area contributed by atoms with E-state index in [0.717, 1.165) is 25.8 Å². The topological polar surface area (TPSA) is 32.3 Å². The van der Waals surface area contributed by atoms with Crippen molar-refractivity contribution in [1.82, 2.24) is 5.32 Å². The van der Waals surface area contributed by atoms with E-state index in [1.54, 1.807) is 11.3 Å². The molecule has 0 saturated heterocycles. The summed E-state index contributed by atoms with van der Waals surface area (Å²) in [7, 11) is 0. The molecule has 0 aliphatic heterocycles. The van der Waals surface area contributed by atoms with Crippen molar-refractivity contribution in [1.29, 1.82) is 0 Å². The minimum absolute atomic E-state index is 0.344.